The zero-order chi connectivity index (χ0) is 42.4. The Labute approximate surface area is 354 Å². The van der Waals surface area contributed by atoms with Gasteiger partial charge in [-0.05, 0) is 68.7 Å². The van der Waals surface area contributed by atoms with Gasteiger partial charge >= 0.3 is 0 Å². The van der Waals surface area contributed by atoms with Crippen molar-refractivity contribution in [3.8, 4) is 17.6 Å². The van der Waals surface area contributed by atoms with E-state index >= 15 is 0 Å². The van der Waals surface area contributed by atoms with Crippen LogP contribution in [0.1, 0.15) is 62.7 Å². The van der Waals surface area contributed by atoms with Crippen LogP contribution in [0.4, 0.5) is 5.82 Å². The van der Waals surface area contributed by atoms with E-state index < -0.39 is 38.2 Å². The minimum Gasteiger partial charge on any atom is -0.497 e. The monoisotopic (exact) mass is 838 g/mol. The molecule has 2 saturated heterocycles. The van der Waals surface area contributed by atoms with E-state index in [1.54, 1.807) is 38.2 Å². The summed E-state index contributed by atoms with van der Waals surface area (Å²) in [7, 11) is 5.43. The standard InChI is InChI=1S/C44H55N8O7P/c1-31(2)52(32(3)4)60(57-24-12-23-45)59-40-39-42(51-29-46-38-25-50(28-47-41(38)51)48-30-49(5)6)58-43(40,26-55-39)27-56-44(33-13-10-9-11-14-33,34-15-19-36(53-7)20-16-34)35-17-21-37(54-8)22-18-35/h9-11,13-22,28-32,39-40,42H,12,24-27H2,1-8H3/t39-,40+,42-,43-,60?/m1/s1. The van der Waals surface area contributed by atoms with Crippen LogP contribution in [0, 0.1) is 11.3 Å². The number of fused-ring (bicyclic) bond motifs is 3. The molecule has 318 valence electrons. The van der Waals surface area contributed by atoms with Crippen LogP contribution < -0.4 is 9.47 Å². The van der Waals surface area contributed by atoms with Crippen molar-refractivity contribution in [2.75, 3.05) is 48.1 Å². The van der Waals surface area contributed by atoms with E-state index in [-0.39, 0.29) is 38.3 Å². The van der Waals surface area contributed by atoms with Gasteiger partial charge < -0.3 is 37.6 Å². The number of rotatable bonds is 19. The second-order valence-corrected chi connectivity index (χ2v) is 17.1. The average molecular weight is 839 g/mol. The van der Waals surface area contributed by atoms with Crippen molar-refractivity contribution in [2.45, 2.75) is 82.4 Å². The first kappa shape index (κ1) is 43.2. The number of hydrogen-bond acceptors (Lipinski definition) is 13. The number of aliphatic imine (C=N–C) groups is 1. The van der Waals surface area contributed by atoms with Crippen molar-refractivity contribution in [2.24, 2.45) is 10.1 Å². The zero-order valence-electron chi connectivity index (χ0n) is 35.5. The molecular weight excluding hydrogens is 784 g/mol. The zero-order valence-corrected chi connectivity index (χ0v) is 36.4. The molecule has 7 rings (SSSR count). The Kier molecular flexibility index (Phi) is 13.5. The highest BCUT2D eigenvalue weighted by molar-refractivity contribution is 7.44. The van der Waals surface area contributed by atoms with Gasteiger partial charge in [0.05, 0.1) is 59.4 Å². The molecule has 60 heavy (non-hydrogen) atoms. The highest BCUT2D eigenvalue weighted by atomic mass is 31.2. The van der Waals surface area contributed by atoms with Crippen molar-refractivity contribution in [3.63, 3.8) is 0 Å². The van der Waals surface area contributed by atoms with Gasteiger partial charge in [-0.1, -0.05) is 54.6 Å². The lowest BCUT2D eigenvalue weighted by Gasteiger charge is -2.41. The van der Waals surface area contributed by atoms with Gasteiger partial charge in [0.25, 0.3) is 8.53 Å². The van der Waals surface area contributed by atoms with Crippen molar-refractivity contribution < 1.29 is 32.7 Å². The summed E-state index contributed by atoms with van der Waals surface area (Å²) in [6.07, 6.45) is 3.44. The molecule has 3 aliphatic heterocycles. The molecule has 16 heteroatoms. The normalized spacial score (nSPS) is 21.6. The molecule has 1 aromatic heterocycles. The maximum absolute atomic E-state index is 9.47. The van der Waals surface area contributed by atoms with Crippen molar-refractivity contribution >= 4 is 27.0 Å². The molecule has 4 heterocycles. The molecular formula is C44H55N8O7P. The molecule has 0 N–H and O–H groups in total. The SMILES string of the molecule is COc1ccc(C(OC[C@@]23CO[C@@H]([C@H](n4cnc5c4N=CN(N=CN(C)C)C5)O2)[C@@H]3OP(OCCC#N)N(C(C)C)C(C)C)(c2ccccc2)c2ccc(OC)cc2)cc1. The smallest absolute Gasteiger partial charge is 0.259 e. The highest BCUT2D eigenvalue weighted by Gasteiger charge is 2.65. The molecule has 15 nitrogen and oxygen atoms in total. The van der Waals surface area contributed by atoms with Crippen LogP contribution in [0.25, 0.3) is 0 Å². The highest BCUT2D eigenvalue weighted by Crippen LogP contribution is 2.57. The fraction of sp³-hybridized carbons (Fsp3) is 0.455. The van der Waals surface area contributed by atoms with Gasteiger partial charge in [-0.2, -0.15) is 10.4 Å². The Bertz CT molecular complexity index is 2070. The fourth-order valence-electron chi connectivity index (χ4n) is 7.96. The molecule has 2 bridgehead atoms. The molecule has 5 atom stereocenters. The predicted octanol–water partition coefficient (Wildman–Crippen LogP) is 7.22. The number of ether oxygens (including phenoxy) is 5. The van der Waals surface area contributed by atoms with E-state index in [0.717, 1.165) is 33.9 Å². The van der Waals surface area contributed by atoms with Gasteiger partial charge in [-0.3, -0.25) is 4.57 Å². The Balaban J connectivity index is 1.32. The van der Waals surface area contributed by atoms with E-state index in [0.29, 0.717) is 12.4 Å². The largest absolute Gasteiger partial charge is 0.497 e. The Morgan fingerprint density at radius 2 is 1.60 bits per heavy atom. The van der Waals surface area contributed by atoms with Crippen LogP contribution in [-0.2, 0) is 35.4 Å². The molecule has 0 radical (unpaired) electrons. The molecule has 0 aliphatic carbocycles. The van der Waals surface area contributed by atoms with E-state index in [2.05, 4.69) is 55.7 Å². The first-order chi connectivity index (χ1) is 29.0. The Morgan fingerprint density at radius 1 is 0.967 bits per heavy atom. The second-order valence-electron chi connectivity index (χ2n) is 15.7. The van der Waals surface area contributed by atoms with Crippen LogP contribution in [0.2, 0.25) is 0 Å². The van der Waals surface area contributed by atoms with Crippen molar-refractivity contribution in [1.82, 2.24) is 24.1 Å². The Hall–Kier alpha value is -4.91. The second kappa shape index (κ2) is 18.8. The summed E-state index contributed by atoms with van der Waals surface area (Å²) in [6.45, 7) is 9.35. The summed E-state index contributed by atoms with van der Waals surface area (Å²) in [4.78, 5) is 11.4. The lowest BCUT2D eigenvalue weighted by atomic mass is 9.79. The number of benzene rings is 3. The molecule has 3 aromatic carbocycles. The van der Waals surface area contributed by atoms with Crippen LogP contribution >= 0.6 is 8.53 Å². The third-order valence-electron chi connectivity index (χ3n) is 10.7. The van der Waals surface area contributed by atoms with Gasteiger partial charge in [0, 0.05) is 26.2 Å². The number of nitrogens with zero attached hydrogens (tertiary/aromatic N) is 8. The summed E-state index contributed by atoms with van der Waals surface area (Å²) in [5, 5.41) is 15.7. The van der Waals surface area contributed by atoms with Gasteiger partial charge in [-0.15, -0.1) is 0 Å². The number of methoxy groups -OCH3 is 2. The average Bonchev–Trinajstić information content (AvgIpc) is 3.93. The number of imidazole rings is 1. The van der Waals surface area contributed by atoms with E-state index in [1.165, 1.54) is 0 Å². The fourth-order valence-corrected chi connectivity index (χ4v) is 9.77. The molecule has 2 fully saturated rings. The van der Waals surface area contributed by atoms with Crippen molar-refractivity contribution in [1.29, 1.82) is 5.26 Å². The first-order valence-corrected chi connectivity index (χ1v) is 21.3. The predicted molar refractivity (Wildman–Crippen MR) is 229 cm³/mol. The number of hydrogen-bond donors (Lipinski definition) is 0. The first-order valence-electron chi connectivity index (χ1n) is 20.1. The maximum Gasteiger partial charge on any atom is 0.259 e. The van der Waals surface area contributed by atoms with E-state index in [4.69, 9.17) is 42.7 Å². The van der Waals surface area contributed by atoms with E-state index in [1.807, 2.05) is 90.3 Å². The molecule has 0 saturated carbocycles. The Morgan fingerprint density at radius 3 is 2.18 bits per heavy atom. The summed E-state index contributed by atoms with van der Waals surface area (Å²) >= 11 is 0. The lowest BCUT2D eigenvalue weighted by Crippen LogP contribution is -2.49. The van der Waals surface area contributed by atoms with Crippen LogP contribution in [0.15, 0.2) is 95.3 Å². The molecule has 3 aliphatic rings. The summed E-state index contributed by atoms with van der Waals surface area (Å²) in [6, 6.07) is 28.4. The van der Waals surface area contributed by atoms with Crippen LogP contribution in [0.3, 0.4) is 0 Å². The van der Waals surface area contributed by atoms with E-state index in [9.17, 15) is 5.26 Å². The van der Waals surface area contributed by atoms with Crippen molar-refractivity contribution in [3.05, 3.63) is 108 Å². The number of hydrazone groups is 1. The molecule has 1 unspecified atom stereocenters. The minimum atomic E-state index is -1.70. The molecule has 0 spiro atoms. The maximum atomic E-state index is 9.47. The number of aromatic nitrogens is 2. The summed E-state index contributed by atoms with van der Waals surface area (Å²) in [5.41, 5.74) is 1.15. The van der Waals surface area contributed by atoms with Gasteiger partial charge in [-0.25, -0.2) is 19.7 Å². The third kappa shape index (κ3) is 8.64. The van der Waals surface area contributed by atoms with Gasteiger partial charge in [0.1, 0.15) is 53.3 Å². The van der Waals surface area contributed by atoms with Crippen LogP contribution in [-0.4, -0.2) is 115 Å². The molecule has 0 amide bonds. The van der Waals surface area contributed by atoms with Gasteiger partial charge in [0.15, 0.2) is 12.0 Å². The summed E-state index contributed by atoms with van der Waals surface area (Å²) < 4.78 is 50.5. The van der Waals surface area contributed by atoms with Crippen LogP contribution in [0.5, 0.6) is 11.5 Å². The summed E-state index contributed by atoms with van der Waals surface area (Å²) in [5.74, 6) is 2.09. The quantitative estimate of drug-likeness (QED) is 0.0310. The van der Waals surface area contributed by atoms with Gasteiger partial charge in [0.2, 0.25) is 0 Å². The minimum absolute atomic E-state index is 0.0511. The third-order valence-corrected chi connectivity index (χ3v) is 12.8. The molecule has 4 aromatic rings. The number of nitriles is 1. The topological polar surface area (TPSA) is 141 Å². The lowest BCUT2D eigenvalue weighted by molar-refractivity contribution is -0.202.